The van der Waals surface area contributed by atoms with Crippen molar-refractivity contribution in [1.82, 2.24) is 9.80 Å². The van der Waals surface area contributed by atoms with E-state index in [1.54, 1.807) is 20.2 Å². The number of hydrogen-bond acceptors (Lipinski definition) is 4. The fraction of sp³-hybridized carbons (Fsp3) is 0.125. The molecule has 1 heterocycles. The molecule has 0 radical (unpaired) electrons. The van der Waals surface area contributed by atoms with Crippen molar-refractivity contribution in [2.24, 2.45) is 0 Å². The van der Waals surface area contributed by atoms with E-state index in [0.29, 0.717) is 17.9 Å². The van der Waals surface area contributed by atoms with Crippen molar-refractivity contribution in [1.29, 1.82) is 0 Å². The Bertz CT molecular complexity index is 1180. The molecular weight excluding hydrogens is 396 g/mol. The zero-order valence-electron chi connectivity index (χ0n) is 16.7. The standard InChI is InChI=1S/C24H20N2O3S/c1-25-22(27)20(23(28)26(2)24(25)30)14-19-9-5-6-10-21(19)29-15-16-11-12-17-7-3-4-8-18(17)13-16/h3-14H,15H2,1-2H3. The third-order valence-electron chi connectivity index (χ3n) is 5.07. The molecule has 150 valence electrons. The summed E-state index contributed by atoms with van der Waals surface area (Å²) in [5, 5.41) is 2.50. The molecule has 3 aromatic rings. The zero-order chi connectivity index (χ0) is 21.3. The molecule has 1 saturated heterocycles. The summed E-state index contributed by atoms with van der Waals surface area (Å²) >= 11 is 5.14. The average molecular weight is 417 g/mol. The maximum Gasteiger partial charge on any atom is 0.265 e. The Balaban J connectivity index is 1.60. The van der Waals surface area contributed by atoms with Crippen LogP contribution in [0, 0.1) is 0 Å². The third-order valence-corrected chi connectivity index (χ3v) is 5.62. The molecule has 0 unspecified atom stereocenters. The fourth-order valence-electron chi connectivity index (χ4n) is 3.35. The van der Waals surface area contributed by atoms with E-state index in [9.17, 15) is 9.59 Å². The molecule has 2 amide bonds. The summed E-state index contributed by atoms with van der Waals surface area (Å²) in [6.07, 6.45) is 1.56. The van der Waals surface area contributed by atoms with Crippen LogP contribution in [0.5, 0.6) is 5.75 Å². The quantitative estimate of drug-likeness (QED) is 0.366. The summed E-state index contributed by atoms with van der Waals surface area (Å²) in [4.78, 5) is 27.8. The highest BCUT2D eigenvalue weighted by molar-refractivity contribution is 7.80. The number of likely N-dealkylation sites (N-methyl/N-ethyl adjacent to an activating group) is 2. The first-order valence-electron chi connectivity index (χ1n) is 9.47. The average Bonchev–Trinajstić information content (AvgIpc) is 2.78. The Hall–Kier alpha value is -3.51. The number of benzene rings is 3. The second-order valence-electron chi connectivity index (χ2n) is 7.08. The number of thiocarbonyl (C=S) groups is 1. The smallest absolute Gasteiger partial charge is 0.265 e. The minimum atomic E-state index is -0.424. The van der Waals surface area contributed by atoms with Crippen molar-refractivity contribution in [3.05, 3.63) is 83.4 Å². The lowest BCUT2D eigenvalue weighted by Gasteiger charge is -2.31. The van der Waals surface area contributed by atoms with Crippen LogP contribution >= 0.6 is 12.2 Å². The molecule has 0 spiro atoms. The predicted octanol–water partition coefficient (Wildman–Crippen LogP) is 4.02. The number of hydrogen-bond donors (Lipinski definition) is 0. The van der Waals surface area contributed by atoms with Crippen LogP contribution in [-0.4, -0.2) is 40.8 Å². The summed E-state index contributed by atoms with van der Waals surface area (Å²) in [6.45, 7) is 0.372. The van der Waals surface area contributed by atoms with Crippen molar-refractivity contribution >= 4 is 46.0 Å². The number of carbonyl (C=O) groups excluding carboxylic acids is 2. The Kier molecular flexibility index (Phi) is 5.33. The van der Waals surface area contributed by atoms with E-state index in [2.05, 4.69) is 24.3 Å². The van der Waals surface area contributed by atoms with E-state index in [4.69, 9.17) is 17.0 Å². The second-order valence-corrected chi connectivity index (χ2v) is 7.44. The molecule has 0 aromatic heterocycles. The molecular formula is C24H20N2O3S. The van der Waals surface area contributed by atoms with Gasteiger partial charge in [0, 0.05) is 19.7 Å². The summed E-state index contributed by atoms with van der Waals surface area (Å²) in [5.74, 6) is -0.253. The van der Waals surface area contributed by atoms with Gasteiger partial charge in [0.2, 0.25) is 0 Å². The topological polar surface area (TPSA) is 49.9 Å². The summed E-state index contributed by atoms with van der Waals surface area (Å²) < 4.78 is 6.04. The van der Waals surface area contributed by atoms with Crippen molar-refractivity contribution < 1.29 is 14.3 Å². The Morgan fingerprint density at radius 2 is 1.50 bits per heavy atom. The largest absolute Gasteiger partial charge is 0.488 e. The lowest BCUT2D eigenvalue weighted by molar-refractivity contribution is -0.132. The van der Waals surface area contributed by atoms with Gasteiger partial charge in [-0.2, -0.15) is 0 Å². The highest BCUT2D eigenvalue weighted by Gasteiger charge is 2.35. The van der Waals surface area contributed by atoms with E-state index >= 15 is 0 Å². The van der Waals surface area contributed by atoms with Gasteiger partial charge in [0.1, 0.15) is 17.9 Å². The molecule has 0 N–H and O–H groups in total. The minimum absolute atomic E-state index is 0.0513. The monoisotopic (exact) mass is 416 g/mol. The van der Waals surface area contributed by atoms with Gasteiger partial charge in [-0.3, -0.25) is 19.4 Å². The van der Waals surface area contributed by atoms with E-state index in [1.165, 1.54) is 15.2 Å². The summed E-state index contributed by atoms with van der Waals surface area (Å²) in [6, 6.07) is 21.7. The lowest BCUT2D eigenvalue weighted by atomic mass is 10.1. The van der Waals surface area contributed by atoms with E-state index < -0.39 is 11.8 Å². The van der Waals surface area contributed by atoms with E-state index in [1.807, 2.05) is 42.5 Å². The number of rotatable bonds is 4. The SMILES string of the molecule is CN1C(=O)C(=Cc2ccccc2OCc2ccc3ccccc3c2)C(=O)N(C)C1=S. The van der Waals surface area contributed by atoms with Crippen LogP contribution in [0.1, 0.15) is 11.1 Å². The minimum Gasteiger partial charge on any atom is -0.488 e. The van der Waals surface area contributed by atoms with Crippen LogP contribution < -0.4 is 4.74 Å². The van der Waals surface area contributed by atoms with Gasteiger partial charge >= 0.3 is 0 Å². The summed E-state index contributed by atoms with van der Waals surface area (Å²) in [7, 11) is 3.12. The molecule has 1 aliphatic heterocycles. The van der Waals surface area contributed by atoms with Crippen molar-refractivity contribution in [2.45, 2.75) is 6.61 Å². The predicted molar refractivity (Wildman–Crippen MR) is 121 cm³/mol. The molecule has 4 rings (SSSR count). The van der Waals surface area contributed by atoms with Gasteiger partial charge in [0.15, 0.2) is 5.11 Å². The van der Waals surface area contributed by atoms with Crippen LogP contribution in [0.2, 0.25) is 0 Å². The molecule has 5 nitrogen and oxygen atoms in total. The number of carbonyl (C=O) groups is 2. The normalized spacial score (nSPS) is 14.5. The molecule has 0 bridgehead atoms. The Labute approximate surface area is 180 Å². The number of nitrogens with zero attached hydrogens (tertiary/aromatic N) is 2. The van der Waals surface area contributed by atoms with Crippen molar-refractivity contribution in [3.8, 4) is 5.75 Å². The van der Waals surface area contributed by atoms with Gasteiger partial charge in [-0.25, -0.2) is 0 Å². The molecule has 0 atom stereocenters. The van der Waals surface area contributed by atoms with Crippen molar-refractivity contribution in [2.75, 3.05) is 14.1 Å². The molecule has 0 saturated carbocycles. The number of para-hydroxylation sites is 1. The molecule has 3 aromatic carbocycles. The first kappa shape index (κ1) is 19.8. The molecule has 1 aliphatic rings. The Morgan fingerprint density at radius 3 is 2.23 bits per heavy atom. The van der Waals surface area contributed by atoms with Crippen LogP contribution in [-0.2, 0) is 16.2 Å². The maximum atomic E-state index is 12.6. The zero-order valence-corrected chi connectivity index (χ0v) is 17.5. The van der Waals surface area contributed by atoms with Crippen LogP contribution in [0.4, 0.5) is 0 Å². The number of fused-ring (bicyclic) bond motifs is 1. The van der Waals surface area contributed by atoms with Gasteiger partial charge in [-0.05, 0) is 46.8 Å². The molecule has 6 heteroatoms. The van der Waals surface area contributed by atoms with Gasteiger partial charge < -0.3 is 4.74 Å². The number of ether oxygens (including phenoxy) is 1. The molecule has 1 fully saturated rings. The lowest BCUT2D eigenvalue weighted by Crippen LogP contribution is -2.52. The first-order valence-corrected chi connectivity index (χ1v) is 9.88. The van der Waals surface area contributed by atoms with Crippen LogP contribution in [0.15, 0.2) is 72.3 Å². The van der Waals surface area contributed by atoms with Crippen LogP contribution in [0.3, 0.4) is 0 Å². The fourth-order valence-corrected chi connectivity index (χ4v) is 3.52. The Morgan fingerprint density at radius 1 is 0.867 bits per heavy atom. The highest BCUT2D eigenvalue weighted by Crippen LogP contribution is 2.25. The van der Waals surface area contributed by atoms with Gasteiger partial charge in [-0.15, -0.1) is 0 Å². The van der Waals surface area contributed by atoms with Crippen LogP contribution in [0.25, 0.3) is 16.8 Å². The summed E-state index contributed by atoms with van der Waals surface area (Å²) in [5.41, 5.74) is 1.74. The van der Waals surface area contributed by atoms with E-state index in [0.717, 1.165) is 10.9 Å². The molecule has 0 aliphatic carbocycles. The third kappa shape index (κ3) is 3.69. The van der Waals surface area contributed by atoms with Gasteiger partial charge in [0.25, 0.3) is 11.8 Å². The second kappa shape index (κ2) is 8.08. The maximum absolute atomic E-state index is 12.6. The first-order chi connectivity index (χ1) is 14.5. The highest BCUT2D eigenvalue weighted by atomic mass is 32.1. The van der Waals surface area contributed by atoms with Crippen molar-refractivity contribution in [3.63, 3.8) is 0 Å². The van der Waals surface area contributed by atoms with E-state index in [-0.39, 0.29) is 10.7 Å². The molecule has 30 heavy (non-hydrogen) atoms. The van der Waals surface area contributed by atoms with Gasteiger partial charge in [-0.1, -0.05) is 54.6 Å². The van der Waals surface area contributed by atoms with Gasteiger partial charge in [0.05, 0.1) is 0 Å². The number of amides is 2.